The third kappa shape index (κ3) is 5.02. The molecule has 2 amide bonds. The summed E-state index contributed by atoms with van der Waals surface area (Å²) in [6.45, 7) is 6.16. The molecule has 1 aliphatic carbocycles. The molecule has 0 saturated heterocycles. The van der Waals surface area contributed by atoms with E-state index in [1.165, 1.54) is 24.2 Å². The van der Waals surface area contributed by atoms with Gasteiger partial charge in [-0.2, -0.15) is 0 Å². The smallest absolute Gasteiger partial charge is 0.317 e. The van der Waals surface area contributed by atoms with Gasteiger partial charge in [0, 0.05) is 19.6 Å². The average Bonchev–Trinajstić information content (AvgIpc) is 2.38. The number of carbonyl (C=O) groups excluding carboxylic acids is 1. The Morgan fingerprint density at radius 2 is 2.00 bits per heavy atom. The second-order valence-electron chi connectivity index (χ2n) is 6.39. The van der Waals surface area contributed by atoms with Crippen molar-refractivity contribution in [3.05, 3.63) is 0 Å². The van der Waals surface area contributed by atoms with Crippen molar-refractivity contribution in [2.24, 2.45) is 17.8 Å². The van der Waals surface area contributed by atoms with Crippen LogP contribution in [0.3, 0.4) is 0 Å². The Hall–Kier alpha value is -1.26. The van der Waals surface area contributed by atoms with Crippen LogP contribution in [0.25, 0.3) is 0 Å². The fourth-order valence-corrected chi connectivity index (χ4v) is 2.93. The van der Waals surface area contributed by atoms with E-state index >= 15 is 0 Å². The first-order chi connectivity index (χ1) is 9.31. The van der Waals surface area contributed by atoms with Crippen molar-refractivity contribution < 1.29 is 14.7 Å². The summed E-state index contributed by atoms with van der Waals surface area (Å²) in [5.74, 6) is -0.152. The number of carbonyl (C=O) groups is 2. The van der Waals surface area contributed by atoms with Gasteiger partial charge < -0.3 is 15.3 Å². The SMILES string of the molecule is CC1CCCC([C@H](C)NC(=O)N(C)CC(C)C(=O)O)C1. The minimum absolute atomic E-state index is 0.146. The summed E-state index contributed by atoms with van der Waals surface area (Å²) in [5.41, 5.74) is 0. The number of amides is 2. The van der Waals surface area contributed by atoms with Crippen LogP contribution in [0, 0.1) is 17.8 Å². The minimum Gasteiger partial charge on any atom is -0.481 e. The van der Waals surface area contributed by atoms with Crippen LogP contribution in [0.2, 0.25) is 0 Å². The van der Waals surface area contributed by atoms with Crippen LogP contribution in [0.4, 0.5) is 4.79 Å². The van der Waals surface area contributed by atoms with Crippen LogP contribution in [0.15, 0.2) is 0 Å². The van der Waals surface area contributed by atoms with Crippen LogP contribution in [-0.4, -0.2) is 41.6 Å². The highest BCUT2D eigenvalue weighted by Crippen LogP contribution is 2.30. The molecule has 3 unspecified atom stereocenters. The Balaban J connectivity index is 2.42. The van der Waals surface area contributed by atoms with Gasteiger partial charge >= 0.3 is 12.0 Å². The van der Waals surface area contributed by atoms with Gasteiger partial charge in [-0.15, -0.1) is 0 Å². The van der Waals surface area contributed by atoms with E-state index in [9.17, 15) is 9.59 Å². The highest BCUT2D eigenvalue weighted by Gasteiger charge is 2.26. The zero-order valence-electron chi connectivity index (χ0n) is 13.1. The van der Waals surface area contributed by atoms with E-state index in [4.69, 9.17) is 5.11 Å². The van der Waals surface area contributed by atoms with E-state index < -0.39 is 11.9 Å². The Morgan fingerprint density at radius 1 is 1.35 bits per heavy atom. The first-order valence-corrected chi connectivity index (χ1v) is 7.55. The number of rotatable bonds is 5. The maximum absolute atomic E-state index is 12.1. The predicted octanol–water partition coefficient (Wildman–Crippen LogP) is 2.56. The topological polar surface area (TPSA) is 69.6 Å². The lowest BCUT2D eigenvalue weighted by Gasteiger charge is -2.33. The fraction of sp³-hybridized carbons (Fsp3) is 0.867. The molecule has 5 heteroatoms. The molecule has 2 N–H and O–H groups in total. The summed E-state index contributed by atoms with van der Waals surface area (Å²) >= 11 is 0. The maximum Gasteiger partial charge on any atom is 0.317 e. The average molecular weight is 284 g/mol. The van der Waals surface area contributed by atoms with E-state index in [-0.39, 0.29) is 18.6 Å². The van der Waals surface area contributed by atoms with Gasteiger partial charge in [0.1, 0.15) is 0 Å². The van der Waals surface area contributed by atoms with Crippen LogP contribution in [-0.2, 0) is 4.79 Å². The molecule has 0 aliphatic heterocycles. The minimum atomic E-state index is -0.876. The summed E-state index contributed by atoms with van der Waals surface area (Å²) in [4.78, 5) is 24.3. The van der Waals surface area contributed by atoms with Gasteiger partial charge in [-0.1, -0.05) is 26.7 Å². The fourth-order valence-electron chi connectivity index (χ4n) is 2.93. The molecule has 1 rings (SSSR count). The van der Waals surface area contributed by atoms with Gasteiger partial charge in [0.05, 0.1) is 5.92 Å². The first kappa shape index (κ1) is 16.8. The van der Waals surface area contributed by atoms with Crippen molar-refractivity contribution in [1.29, 1.82) is 0 Å². The number of hydrogen-bond acceptors (Lipinski definition) is 2. The highest BCUT2D eigenvalue weighted by molar-refractivity contribution is 5.75. The van der Waals surface area contributed by atoms with Gasteiger partial charge in [-0.3, -0.25) is 4.79 Å². The highest BCUT2D eigenvalue weighted by atomic mass is 16.4. The number of carboxylic acids is 1. The van der Waals surface area contributed by atoms with Crippen molar-refractivity contribution in [3.63, 3.8) is 0 Å². The molecule has 1 saturated carbocycles. The summed E-state index contributed by atoms with van der Waals surface area (Å²) in [6, 6.07) is -0.0309. The van der Waals surface area contributed by atoms with E-state index in [1.807, 2.05) is 0 Å². The Kier molecular flexibility index (Phi) is 6.30. The second kappa shape index (κ2) is 7.50. The molecule has 4 atom stereocenters. The molecule has 0 spiro atoms. The molecule has 0 heterocycles. The molecule has 0 aromatic carbocycles. The lowest BCUT2D eigenvalue weighted by molar-refractivity contribution is -0.141. The molecular weight excluding hydrogens is 256 g/mol. The molecular formula is C15H28N2O3. The zero-order chi connectivity index (χ0) is 15.3. The largest absolute Gasteiger partial charge is 0.481 e. The number of nitrogens with one attached hydrogen (secondary N) is 1. The summed E-state index contributed by atoms with van der Waals surface area (Å²) < 4.78 is 0. The molecule has 1 aliphatic rings. The molecule has 116 valence electrons. The van der Waals surface area contributed by atoms with E-state index in [0.29, 0.717) is 5.92 Å². The number of aliphatic carboxylic acids is 1. The van der Waals surface area contributed by atoms with Crippen LogP contribution in [0.5, 0.6) is 0 Å². The second-order valence-corrected chi connectivity index (χ2v) is 6.39. The molecule has 20 heavy (non-hydrogen) atoms. The number of nitrogens with zero attached hydrogens (tertiary/aromatic N) is 1. The van der Waals surface area contributed by atoms with Crippen molar-refractivity contribution in [2.75, 3.05) is 13.6 Å². The molecule has 0 radical (unpaired) electrons. The molecule has 0 bridgehead atoms. The lowest BCUT2D eigenvalue weighted by Crippen LogP contribution is -2.47. The molecule has 1 fully saturated rings. The number of urea groups is 1. The normalized spacial score (nSPS) is 25.6. The molecule has 0 aromatic rings. The van der Waals surface area contributed by atoms with Gasteiger partial charge in [-0.25, -0.2) is 4.79 Å². The Labute approximate surface area is 121 Å². The third-order valence-electron chi connectivity index (χ3n) is 4.35. The van der Waals surface area contributed by atoms with Crippen molar-refractivity contribution in [3.8, 4) is 0 Å². The predicted molar refractivity (Wildman–Crippen MR) is 78.5 cm³/mol. The quantitative estimate of drug-likeness (QED) is 0.815. The standard InChI is InChI=1S/C15H28N2O3/c1-10-6-5-7-13(8-10)12(3)16-15(20)17(4)9-11(2)14(18)19/h10-13H,5-9H2,1-4H3,(H,16,20)(H,18,19)/t10?,11?,12-,13?/m0/s1. The number of hydrogen-bond donors (Lipinski definition) is 2. The maximum atomic E-state index is 12.1. The van der Waals surface area contributed by atoms with Crippen molar-refractivity contribution in [1.82, 2.24) is 10.2 Å². The van der Waals surface area contributed by atoms with Gasteiger partial charge in [-0.05, 0) is 31.6 Å². The van der Waals surface area contributed by atoms with Gasteiger partial charge in [0.15, 0.2) is 0 Å². The van der Waals surface area contributed by atoms with E-state index in [2.05, 4.69) is 19.2 Å². The van der Waals surface area contributed by atoms with E-state index in [1.54, 1.807) is 14.0 Å². The summed E-state index contributed by atoms with van der Waals surface area (Å²) in [7, 11) is 1.64. The van der Waals surface area contributed by atoms with Crippen LogP contribution in [0.1, 0.15) is 46.5 Å². The van der Waals surface area contributed by atoms with E-state index in [0.717, 1.165) is 12.3 Å². The summed E-state index contributed by atoms with van der Waals surface area (Å²) in [6.07, 6.45) is 4.85. The Morgan fingerprint density at radius 3 is 2.55 bits per heavy atom. The molecule has 5 nitrogen and oxygen atoms in total. The monoisotopic (exact) mass is 284 g/mol. The van der Waals surface area contributed by atoms with Gasteiger partial charge in [0.2, 0.25) is 0 Å². The summed E-state index contributed by atoms with van der Waals surface area (Å²) in [5, 5.41) is 11.9. The van der Waals surface area contributed by atoms with Crippen molar-refractivity contribution in [2.45, 2.75) is 52.5 Å². The van der Waals surface area contributed by atoms with Crippen LogP contribution < -0.4 is 5.32 Å². The Bertz CT molecular complexity index is 346. The molecule has 0 aromatic heterocycles. The first-order valence-electron chi connectivity index (χ1n) is 7.55. The number of carboxylic acid groups (broad SMARTS) is 1. The van der Waals surface area contributed by atoms with Gasteiger partial charge in [0.25, 0.3) is 0 Å². The lowest BCUT2D eigenvalue weighted by atomic mass is 9.79. The zero-order valence-corrected chi connectivity index (χ0v) is 13.1. The van der Waals surface area contributed by atoms with Crippen molar-refractivity contribution >= 4 is 12.0 Å². The third-order valence-corrected chi connectivity index (χ3v) is 4.35. The van der Waals surface area contributed by atoms with Crippen LogP contribution >= 0.6 is 0 Å².